The normalized spacial score (nSPS) is 20.9. The number of thiophene rings is 1. The Balaban J connectivity index is 1.88. The predicted molar refractivity (Wildman–Crippen MR) is 93.2 cm³/mol. The van der Waals surface area contributed by atoms with Gasteiger partial charge in [-0.15, -0.1) is 11.3 Å². The van der Waals surface area contributed by atoms with Gasteiger partial charge in [0.05, 0.1) is 0 Å². The third kappa shape index (κ3) is 4.78. The van der Waals surface area contributed by atoms with E-state index in [4.69, 9.17) is 0 Å². The molecule has 0 spiro atoms. The molecule has 1 aliphatic rings. The van der Waals surface area contributed by atoms with Gasteiger partial charge >= 0.3 is 0 Å². The van der Waals surface area contributed by atoms with Crippen LogP contribution in [0, 0.1) is 12.8 Å². The van der Waals surface area contributed by atoms with Crippen molar-refractivity contribution >= 4 is 11.3 Å². The number of nitrogens with zero attached hydrogens (tertiary/aromatic N) is 2. The van der Waals surface area contributed by atoms with Crippen molar-refractivity contribution < 1.29 is 0 Å². The molecule has 0 bridgehead atoms. The monoisotopic (exact) mass is 309 g/mol. The van der Waals surface area contributed by atoms with Gasteiger partial charge in [-0.3, -0.25) is 4.90 Å². The van der Waals surface area contributed by atoms with Gasteiger partial charge in [0.1, 0.15) is 0 Å². The summed E-state index contributed by atoms with van der Waals surface area (Å²) >= 11 is 1.91. The highest BCUT2D eigenvalue weighted by molar-refractivity contribution is 7.12. The maximum Gasteiger partial charge on any atom is 0.0386 e. The second-order valence-electron chi connectivity index (χ2n) is 6.73. The van der Waals surface area contributed by atoms with Crippen molar-refractivity contribution in [1.29, 1.82) is 0 Å². The Bertz CT molecular complexity index is 421. The number of rotatable bonds is 6. The van der Waals surface area contributed by atoms with E-state index in [1.807, 2.05) is 11.3 Å². The second-order valence-corrected chi connectivity index (χ2v) is 8.05. The molecule has 2 heterocycles. The van der Waals surface area contributed by atoms with Gasteiger partial charge in [-0.1, -0.05) is 13.8 Å². The second kappa shape index (κ2) is 7.73. The number of nitrogens with one attached hydrogen (secondary N) is 1. The maximum absolute atomic E-state index is 3.76. The van der Waals surface area contributed by atoms with Gasteiger partial charge < -0.3 is 10.2 Å². The molecule has 1 aromatic rings. The molecule has 3 nitrogen and oxygen atoms in total. The summed E-state index contributed by atoms with van der Waals surface area (Å²) in [6.07, 6.45) is 0. The van der Waals surface area contributed by atoms with Crippen LogP contribution >= 0.6 is 11.3 Å². The van der Waals surface area contributed by atoms with Gasteiger partial charge in [0.15, 0.2) is 0 Å². The summed E-state index contributed by atoms with van der Waals surface area (Å²) in [4.78, 5) is 7.95. The first-order valence-electron chi connectivity index (χ1n) is 8.19. The maximum atomic E-state index is 3.76. The molecule has 1 aliphatic heterocycles. The zero-order chi connectivity index (χ0) is 15.4. The molecular weight excluding hydrogens is 278 g/mol. The number of hydrogen-bond donors (Lipinski definition) is 1. The van der Waals surface area contributed by atoms with Crippen LogP contribution in [0.2, 0.25) is 0 Å². The Morgan fingerprint density at radius 2 is 1.81 bits per heavy atom. The summed E-state index contributed by atoms with van der Waals surface area (Å²) in [5, 5.41) is 3.76. The van der Waals surface area contributed by atoms with Gasteiger partial charge in [-0.05, 0) is 38.9 Å². The third-order valence-corrected chi connectivity index (χ3v) is 5.78. The highest BCUT2D eigenvalue weighted by atomic mass is 32.1. The Morgan fingerprint density at radius 3 is 2.33 bits per heavy atom. The molecule has 2 unspecified atom stereocenters. The standard InChI is InChI=1S/C17H31N3S/c1-13(2)16(20-10-8-19(5)9-11-20)12-18-15(4)17-7-6-14(3)21-17/h6-7,13,15-16,18H,8-12H2,1-5H3. The molecule has 120 valence electrons. The molecule has 4 heteroatoms. The van der Waals surface area contributed by atoms with Gasteiger partial charge in [0.25, 0.3) is 0 Å². The first-order valence-corrected chi connectivity index (χ1v) is 9.01. The van der Waals surface area contributed by atoms with Crippen LogP contribution in [0.5, 0.6) is 0 Å². The van der Waals surface area contributed by atoms with Crippen LogP contribution in [0.15, 0.2) is 12.1 Å². The highest BCUT2D eigenvalue weighted by Crippen LogP contribution is 2.23. The summed E-state index contributed by atoms with van der Waals surface area (Å²) in [5.41, 5.74) is 0. The Labute approximate surface area is 134 Å². The van der Waals surface area contributed by atoms with Crippen molar-refractivity contribution in [3.8, 4) is 0 Å². The lowest BCUT2D eigenvalue weighted by Crippen LogP contribution is -2.53. The van der Waals surface area contributed by atoms with E-state index in [9.17, 15) is 0 Å². The van der Waals surface area contributed by atoms with E-state index < -0.39 is 0 Å². The van der Waals surface area contributed by atoms with Crippen LogP contribution in [0.4, 0.5) is 0 Å². The molecule has 2 rings (SSSR count). The van der Waals surface area contributed by atoms with E-state index in [0.29, 0.717) is 18.0 Å². The number of aryl methyl sites for hydroxylation is 1. The number of hydrogen-bond acceptors (Lipinski definition) is 4. The van der Waals surface area contributed by atoms with Gasteiger partial charge in [-0.25, -0.2) is 0 Å². The summed E-state index contributed by atoms with van der Waals surface area (Å²) < 4.78 is 0. The van der Waals surface area contributed by atoms with Gasteiger partial charge in [0.2, 0.25) is 0 Å². The van der Waals surface area contributed by atoms with Crippen molar-refractivity contribution in [2.75, 3.05) is 39.8 Å². The molecule has 0 saturated carbocycles. The van der Waals surface area contributed by atoms with Crippen LogP contribution in [0.3, 0.4) is 0 Å². The smallest absolute Gasteiger partial charge is 0.0386 e. The summed E-state index contributed by atoms with van der Waals surface area (Å²) in [6.45, 7) is 15.1. The summed E-state index contributed by atoms with van der Waals surface area (Å²) in [5.74, 6) is 0.693. The van der Waals surface area contributed by atoms with E-state index in [-0.39, 0.29) is 0 Å². The molecule has 0 aliphatic carbocycles. The highest BCUT2D eigenvalue weighted by Gasteiger charge is 2.25. The minimum absolute atomic E-state index is 0.456. The minimum atomic E-state index is 0.456. The van der Waals surface area contributed by atoms with E-state index in [1.54, 1.807) is 0 Å². The molecule has 21 heavy (non-hydrogen) atoms. The fourth-order valence-corrected chi connectivity index (χ4v) is 3.93. The first-order chi connectivity index (χ1) is 9.97. The molecule has 0 amide bonds. The fraction of sp³-hybridized carbons (Fsp3) is 0.765. The molecule has 0 aromatic carbocycles. The first kappa shape index (κ1) is 16.9. The number of likely N-dealkylation sites (N-methyl/N-ethyl adjacent to an activating group) is 1. The SMILES string of the molecule is Cc1ccc(C(C)NCC(C(C)C)N2CCN(C)CC2)s1. The van der Waals surface area contributed by atoms with Gasteiger partial charge in [0, 0.05) is 54.6 Å². The van der Waals surface area contributed by atoms with Crippen molar-refractivity contribution in [3.05, 3.63) is 21.9 Å². The summed E-state index contributed by atoms with van der Waals surface area (Å²) in [6, 6.07) is 5.58. The average molecular weight is 310 g/mol. The molecular formula is C17H31N3S. The van der Waals surface area contributed by atoms with Crippen LogP contribution in [0.1, 0.15) is 36.6 Å². The van der Waals surface area contributed by atoms with Crippen molar-refractivity contribution in [1.82, 2.24) is 15.1 Å². The molecule has 0 radical (unpaired) electrons. The number of piperazine rings is 1. The van der Waals surface area contributed by atoms with E-state index in [0.717, 1.165) is 6.54 Å². The Kier molecular flexibility index (Phi) is 6.23. The fourth-order valence-electron chi connectivity index (χ4n) is 3.02. The quantitative estimate of drug-likeness (QED) is 0.871. The molecule has 1 N–H and O–H groups in total. The summed E-state index contributed by atoms with van der Waals surface area (Å²) in [7, 11) is 2.22. The van der Waals surface area contributed by atoms with Gasteiger partial charge in [-0.2, -0.15) is 0 Å². The molecule has 2 atom stereocenters. The topological polar surface area (TPSA) is 18.5 Å². The van der Waals surface area contributed by atoms with Crippen molar-refractivity contribution in [3.63, 3.8) is 0 Å². The molecule has 1 saturated heterocycles. The van der Waals surface area contributed by atoms with Crippen LogP contribution in [0.25, 0.3) is 0 Å². The average Bonchev–Trinajstić information content (AvgIpc) is 2.87. The van der Waals surface area contributed by atoms with E-state index in [1.165, 1.54) is 35.9 Å². The van der Waals surface area contributed by atoms with E-state index >= 15 is 0 Å². The lowest BCUT2D eigenvalue weighted by molar-refractivity contribution is 0.0864. The Hall–Kier alpha value is -0.420. The zero-order valence-corrected chi connectivity index (χ0v) is 15.0. The lowest BCUT2D eigenvalue weighted by Gasteiger charge is -2.40. The van der Waals surface area contributed by atoms with Crippen molar-refractivity contribution in [2.24, 2.45) is 5.92 Å². The predicted octanol–water partition coefficient (Wildman–Crippen LogP) is 2.98. The Morgan fingerprint density at radius 1 is 1.14 bits per heavy atom. The zero-order valence-electron chi connectivity index (χ0n) is 14.2. The third-order valence-electron chi connectivity index (χ3n) is 4.60. The van der Waals surface area contributed by atoms with Crippen LogP contribution in [-0.2, 0) is 0 Å². The van der Waals surface area contributed by atoms with E-state index in [2.05, 4.69) is 62.0 Å². The largest absolute Gasteiger partial charge is 0.308 e. The van der Waals surface area contributed by atoms with Crippen LogP contribution < -0.4 is 5.32 Å². The van der Waals surface area contributed by atoms with Crippen molar-refractivity contribution in [2.45, 2.75) is 39.8 Å². The van der Waals surface area contributed by atoms with Crippen LogP contribution in [-0.4, -0.2) is 55.6 Å². The molecule has 1 fully saturated rings. The lowest BCUT2D eigenvalue weighted by atomic mass is 10.0. The minimum Gasteiger partial charge on any atom is -0.308 e. The molecule has 1 aromatic heterocycles.